The molecule has 1 fully saturated rings. The Labute approximate surface area is 103 Å². The van der Waals surface area contributed by atoms with Crippen LogP contribution in [-0.4, -0.2) is 18.4 Å². The van der Waals surface area contributed by atoms with Crippen LogP contribution in [0.4, 0.5) is 0 Å². The van der Waals surface area contributed by atoms with E-state index < -0.39 is 6.29 Å². The fourth-order valence-electron chi connectivity index (χ4n) is 2.87. The molecule has 0 N–H and O–H groups in total. The van der Waals surface area contributed by atoms with Crippen molar-refractivity contribution in [1.29, 1.82) is 0 Å². The van der Waals surface area contributed by atoms with E-state index in [1.54, 1.807) is 6.08 Å². The maximum atomic E-state index is 11.0. The van der Waals surface area contributed by atoms with Crippen LogP contribution in [0.3, 0.4) is 0 Å². The fraction of sp³-hybridized carbons (Fsp3) is 0.786. The third kappa shape index (κ3) is 3.09. The molecule has 0 spiro atoms. The number of cyclic esters (lactones) is 1. The molecule has 0 aromatic carbocycles. The summed E-state index contributed by atoms with van der Waals surface area (Å²) in [7, 11) is 0. The van der Waals surface area contributed by atoms with Gasteiger partial charge in [-0.25, -0.2) is 4.79 Å². The summed E-state index contributed by atoms with van der Waals surface area (Å²) in [6.45, 7) is 6.75. The zero-order chi connectivity index (χ0) is 12.4. The Hall–Kier alpha value is -0.830. The van der Waals surface area contributed by atoms with Crippen molar-refractivity contribution in [2.75, 3.05) is 0 Å². The molecule has 1 heterocycles. The fourth-order valence-corrected chi connectivity index (χ4v) is 2.87. The van der Waals surface area contributed by atoms with E-state index in [2.05, 4.69) is 20.8 Å². The normalized spacial score (nSPS) is 37.5. The van der Waals surface area contributed by atoms with Crippen LogP contribution in [0.1, 0.15) is 40.0 Å². The van der Waals surface area contributed by atoms with Crippen LogP contribution in [0.25, 0.3) is 0 Å². The second kappa shape index (κ2) is 5.21. The summed E-state index contributed by atoms with van der Waals surface area (Å²) in [6, 6.07) is 0. The predicted octanol–water partition coefficient (Wildman–Crippen LogP) is 2.90. The van der Waals surface area contributed by atoms with Crippen LogP contribution in [0.5, 0.6) is 0 Å². The van der Waals surface area contributed by atoms with Crippen molar-refractivity contribution in [1.82, 2.24) is 0 Å². The number of carbonyl (C=O) groups is 1. The summed E-state index contributed by atoms with van der Waals surface area (Å²) in [6.07, 6.45) is 6.49. The van der Waals surface area contributed by atoms with Crippen molar-refractivity contribution in [2.24, 2.45) is 17.8 Å². The van der Waals surface area contributed by atoms with Gasteiger partial charge in [-0.3, -0.25) is 0 Å². The van der Waals surface area contributed by atoms with Gasteiger partial charge in [0, 0.05) is 6.08 Å². The van der Waals surface area contributed by atoms with Crippen LogP contribution in [-0.2, 0) is 14.3 Å². The minimum atomic E-state index is -0.459. The molecule has 0 saturated heterocycles. The number of esters is 1. The van der Waals surface area contributed by atoms with E-state index in [0.29, 0.717) is 17.8 Å². The first-order chi connectivity index (χ1) is 8.06. The number of carbonyl (C=O) groups excluding carboxylic acids is 1. The molecule has 2 aliphatic rings. The quantitative estimate of drug-likeness (QED) is 0.709. The van der Waals surface area contributed by atoms with Gasteiger partial charge in [0.2, 0.25) is 6.29 Å². The van der Waals surface area contributed by atoms with E-state index in [-0.39, 0.29) is 12.1 Å². The topological polar surface area (TPSA) is 35.5 Å². The number of ether oxygens (including phenoxy) is 2. The van der Waals surface area contributed by atoms with Gasteiger partial charge in [-0.1, -0.05) is 27.2 Å². The molecule has 1 aliphatic heterocycles. The molecule has 96 valence electrons. The molecule has 0 bridgehead atoms. The molecule has 17 heavy (non-hydrogen) atoms. The van der Waals surface area contributed by atoms with Gasteiger partial charge in [-0.15, -0.1) is 0 Å². The molecule has 1 unspecified atom stereocenters. The second-order valence-electron chi connectivity index (χ2n) is 5.67. The predicted molar refractivity (Wildman–Crippen MR) is 65.2 cm³/mol. The van der Waals surface area contributed by atoms with Gasteiger partial charge in [0.15, 0.2) is 0 Å². The average Bonchev–Trinajstić information content (AvgIpc) is 2.63. The summed E-state index contributed by atoms with van der Waals surface area (Å²) < 4.78 is 11.0. The Bertz CT molecular complexity index is 309. The summed E-state index contributed by atoms with van der Waals surface area (Å²) >= 11 is 0. The Morgan fingerprint density at radius 2 is 2.18 bits per heavy atom. The standard InChI is InChI=1S/C14H22O3/c1-9(2)11-5-4-10(3)8-12(11)16-14-7-6-13(15)17-14/h6-7,9-12,14H,4-5,8H2,1-3H3/t10-,11+,12?,14-/m1/s1. The smallest absolute Gasteiger partial charge is 0.333 e. The molecule has 2 rings (SSSR count). The van der Waals surface area contributed by atoms with Crippen LogP contribution >= 0.6 is 0 Å². The lowest BCUT2D eigenvalue weighted by Crippen LogP contribution is -2.36. The third-order valence-electron chi connectivity index (χ3n) is 3.89. The Kier molecular flexibility index (Phi) is 3.87. The lowest BCUT2D eigenvalue weighted by Gasteiger charge is -2.37. The second-order valence-corrected chi connectivity index (χ2v) is 5.67. The van der Waals surface area contributed by atoms with E-state index in [9.17, 15) is 4.79 Å². The third-order valence-corrected chi connectivity index (χ3v) is 3.89. The Balaban J connectivity index is 1.95. The van der Waals surface area contributed by atoms with Gasteiger partial charge in [0.05, 0.1) is 6.10 Å². The highest BCUT2D eigenvalue weighted by Gasteiger charge is 2.34. The Morgan fingerprint density at radius 3 is 2.76 bits per heavy atom. The maximum absolute atomic E-state index is 11.0. The number of rotatable bonds is 3. The first-order valence-corrected chi connectivity index (χ1v) is 6.60. The highest BCUT2D eigenvalue weighted by Crippen LogP contribution is 2.36. The first kappa shape index (κ1) is 12.6. The molecule has 1 saturated carbocycles. The van der Waals surface area contributed by atoms with Gasteiger partial charge in [-0.05, 0) is 36.7 Å². The molecule has 0 amide bonds. The largest absolute Gasteiger partial charge is 0.429 e. The van der Waals surface area contributed by atoms with Crippen molar-refractivity contribution in [3.63, 3.8) is 0 Å². The highest BCUT2D eigenvalue weighted by molar-refractivity contribution is 5.84. The van der Waals surface area contributed by atoms with E-state index in [1.165, 1.54) is 18.9 Å². The lowest BCUT2D eigenvalue weighted by atomic mass is 9.75. The van der Waals surface area contributed by atoms with Crippen molar-refractivity contribution in [2.45, 2.75) is 52.4 Å². The molecule has 0 aromatic rings. The molecular formula is C14H22O3. The van der Waals surface area contributed by atoms with Crippen LogP contribution in [0.15, 0.2) is 12.2 Å². The number of hydrogen-bond acceptors (Lipinski definition) is 3. The Morgan fingerprint density at radius 1 is 1.41 bits per heavy atom. The van der Waals surface area contributed by atoms with Gasteiger partial charge in [0.25, 0.3) is 0 Å². The van der Waals surface area contributed by atoms with E-state index >= 15 is 0 Å². The van der Waals surface area contributed by atoms with E-state index in [0.717, 1.165) is 6.42 Å². The highest BCUT2D eigenvalue weighted by atomic mass is 16.7. The van der Waals surface area contributed by atoms with Gasteiger partial charge >= 0.3 is 5.97 Å². The molecule has 3 nitrogen and oxygen atoms in total. The van der Waals surface area contributed by atoms with Crippen LogP contribution < -0.4 is 0 Å². The number of hydrogen-bond donors (Lipinski definition) is 0. The average molecular weight is 238 g/mol. The molecular weight excluding hydrogens is 216 g/mol. The van der Waals surface area contributed by atoms with E-state index in [1.807, 2.05) is 0 Å². The zero-order valence-electron chi connectivity index (χ0n) is 10.9. The summed E-state index contributed by atoms with van der Waals surface area (Å²) in [4.78, 5) is 11.0. The minimum Gasteiger partial charge on any atom is -0.429 e. The molecule has 3 heteroatoms. The monoisotopic (exact) mass is 238 g/mol. The minimum absolute atomic E-state index is 0.222. The van der Waals surface area contributed by atoms with Gasteiger partial charge in [-0.2, -0.15) is 0 Å². The van der Waals surface area contributed by atoms with Crippen LogP contribution in [0, 0.1) is 17.8 Å². The van der Waals surface area contributed by atoms with Crippen molar-refractivity contribution in [3.8, 4) is 0 Å². The zero-order valence-corrected chi connectivity index (χ0v) is 10.9. The summed E-state index contributed by atoms with van der Waals surface area (Å²) in [5.74, 6) is 1.61. The first-order valence-electron chi connectivity index (χ1n) is 6.60. The molecule has 4 atom stereocenters. The molecule has 0 aromatic heterocycles. The lowest BCUT2D eigenvalue weighted by molar-refractivity contribution is -0.178. The SMILES string of the molecule is CC(C)[C@@H]1CC[C@@H](C)CC1O[C@H]1C=CC(=O)O1. The molecule has 0 radical (unpaired) electrons. The summed E-state index contributed by atoms with van der Waals surface area (Å²) in [5, 5.41) is 0. The van der Waals surface area contributed by atoms with E-state index in [4.69, 9.17) is 9.47 Å². The van der Waals surface area contributed by atoms with Gasteiger partial charge < -0.3 is 9.47 Å². The van der Waals surface area contributed by atoms with Crippen molar-refractivity contribution >= 4 is 5.97 Å². The van der Waals surface area contributed by atoms with Gasteiger partial charge in [0.1, 0.15) is 0 Å². The summed E-state index contributed by atoms with van der Waals surface area (Å²) in [5.41, 5.74) is 0. The van der Waals surface area contributed by atoms with Crippen LogP contribution in [0.2, 0.25) is 0 Å². The maximum Gasteiger partial charge on any atom is 0.333 e. The molecule has 1 aliphatic carbocycles. The van der Waals surface area contributed by atoms with Crippen molar-refractivity contribution in [3.05, 3.63) is 12.2 Å². The van der Waals surface area contributed by atoms with Crippen molar-refractivity contribution < 1.29 is 14.3 Å².